The van der Waals surface area contributed by atoms with Gasteiger partial charge in [0.2, 0.25) is 5.95 Å². The summed E-state index contributed by atoms with van der Waals surface area (Å²) in [5.74, 6) is 0.0117. The van der Waals surface area contributed by atoms with Gasteiger partial charge in [0.1, 0.15) is 22.8 Å². The van der Waals surface area contributed by atoms with E-state index in [1.807, 2.05) is 91.0 Å². The Bertz CT molecular complexity index is 1630. The second-order valence-electron chi connectivity index (χ2n) is 10.6. The summed E-state index contributed by atoms with van der Waals surface area (Å²) in [7, 11) is 0. The molecule has 2 aromatic heterocycles. The molecule has 3 heterocycles. The second-order valence-corrected chi connectivity index (χ2v) is 10.6. The van der Waals surface area contributed by atoms with E-state index in [4.69, 9.17) is 16.2 Å². The van der Waals surface area contributed by atoms with Crippen LogP contribution < -0.4 is 11.5 Å². The number of anilines is 2. The Morgan fingerprint density at radius 3 is 1.90 bits per heavy atom. The first kappa shape index (κ1) is 26.9. The van der Waals surface area contributed by atoms with Gasteiger partial charge in [0.15, 0.2) is 17.7 Å². The number of nitrogens with two attached hydrogens (primary N) is 2. The number of fused-ring (bicyclic) bond motifs is 1. The maximum absolute atomic E-state index is 12.8. The molecule has 7 N–H and O–H groups in total. The van der Waals surface area contributed by atoms with Crippen molar-refractivity contribution in [1.29, 1.82) is 0 Å². The van der Waals surface area contributed by atoms with Gasteiger partial charge in [-0.3, -0.25) is 4.57 Å². The highest BCUT2D eigenvalue weighted by Gasteiger charge is 2.67. The lowest BCUT2D eigenvalue weighted by atomic mass is 9.71. The smallest absolute Gasteiger partial charge is 0.224 e. The van der Waals surface area contributed by atoms with Crippen LogP contribution in [0.3, 0.4) is 0 Å². The van der Waals surface area contributed by atoms with Crippen LogP contribution in [-0.4, -0.2) is 58.2 Å². The number of aliphatic hydroxyl groups is 3. The molecule has 0 radical (unpaired) electrons. The Labute approximate surface area is 236 Å². The standard InChI is InChI=1S/C31H32N6O4/c32-26-24-27(36-29(33)35-26)37(19-34-24)28-31(40,18-22-14-8-3-9-15-22)30(39,17-21-12-6-2-7-13-21)25(41-28)23(38)16-20-10-4-1-5-11-20/h1-15,19,23,25,28,38-40H,16-18H2,(H4,32,33,35,36)/t23?,25-,28-,30-,31-/m1/s1. The van der Waals surface area contributed by atoms with E-state index in [9.17, 15) is 15.3 Å². The van der Waals surface area contributed by atoms with Crippen molar-refractivity contribution in [2.45, 2.75) is 48.9 Å². The van der Waals surface area contributed by atoms with E-state index >= 15 is 0 Å². The van der Waals surface area contributed by atoms with E-state index in [2.05, 4.69) is 15.0 Å². The van der Waals surface area contributed by atoms with E-state index in [1.54, 1.807) is 0 Å². The van der Waals surface area contributed by atoms with Crippen LogP contribution in [0, 0.1) is 0 Å². The molecule has 0 bridgehead atoms. The number of hydrogen-bond donors (Lipinski definition) is 5. The average Bonchev–Trinajstić information content (AvgIpc) is 3.47. The summed E-state index contributed by atoms with van der Waals surface area (Å²) in [5, 5.41) is 37.2. The lowest BCUT2D eigenvalue weighted by Gasteiger charge is -2.42. The first-order valence-corrected chi connectivity index (χ1v) is 13.4. The number of hydrogen-bond acceptors (Lipinski definition) is 9. The lowest BCUT2D eigenvalue weighted by Crippen LogP contribution is -2.62. The summed E-state index contributed by atoms with van der Waals surface area (Å²) in [6, 6.07) is 28.2. The molecule has 0 spiro atoms. The zero-order chi connectivity index (χ0) is 28.6. The minimum absolute atomic E-state index is 0.00607. The largest absolute Gasteiger partial charge is 0.390 e. The van der Waals surface area contributed by atoms with Crippen molar-refractivity contribution >= 4 is 22.9 Å². The van der Waals surface area contributed by atoms with Crippen LogP contribution in [0.1, 0.15) is 22.9 Å². The monoisotopic (exact) mass is 552 g/mol. The predicted molar refractivity (Wildman–Crippen MR) is 154 cm³/mol. The number of imidazole rings is 1. The Hall–Kier alpha value is -4.35. The summed E-state index contributed by atoms with van der Waals surface area (Å²) < 4.78 is 8.05. The minimum atomic E-state index is -1.96. The van der Waals surface area contributed by atoms with E-state index in [-0.39, 0.29) is 42.2 Å². The predicted octanol–water partition coefficient (Wildman–Crippen LogP) is 2.44. The number of nitrogens with zero attached hydrogens (tertiary/aromatic N) is 4. The van der Waals surface area contributed by atoms with Gasteiger partial charge in [0.25, 0.3) is 0 Å². The maximum Gasteiger partial charge on any atom is 0.224 e. The fourth-order valence-corrected chi connectivity index (χ4v) is 5.93. The quantitative estimate of drug-likeness (QED) is 0.194. The molecule has 3 aromatic carbocycles. The second kappa shape index (κ2) is 10.6. The molecule has 1 aliphatic rings. The molecule has 1 unspecified atom stereocenters. The van der Waals surface area contributed by atoms with Crippen LogP contribution >= 0.6 is 0 Å². The normalized spacial score (nSPS) is 25.0. The van der Waals surface area contributed by atoms with Crippen molar-refractivity contribution in [3.05, 3.63) is 114 Å². The van der Waals surface area contributed by atoms with E-state index in [0.29, 0.717) is 0 Å². The summed E-state index contributed by atoms with van der Waals surface area (Å²) >= 11 is 0. The molecule has 0 saturated carbocycles. The first-order valence-electron chi connectivity index (χ1n) is 13.4. The SMILES string of the molecule is Nc1nc(N)c2ncn([C@@H]3O[C@H](C(O)Cc4ccccc4)[C@](O)(Cc4ccccc4)[C@@]3(O)Cc3ccccc3)c2n1. The molecule has 41 heavy (non-hydrogen) atoms. The molecule has 1 fully saturated rings. The minimum Gasteiger partial charge on any atom is -0.390 e. The highest BCUT2D eigenvalue weighted by Crippen LogP contribution is 2.51. The highest BCUT2D eigenvalue weighted by atomic mass is 16.6. The Balaban J connectivity index is 1.52. The van der Waals surface area contributed by atoms with Gasteiger partial charge in [-0.2, -0.15) is 9.97 Å². The third kappa shape index (κ3) is 4.81. The molecular weight excluding hydrogens is 520 g/mol. The van der Waals surface area contributed by atoms with Crippen molar-refractivity contribution in [3.63, 3.8) is 0 Å². The van der Waals surface area contributed by atoms with E-state index in [1.165, 1.54) is 10.9 Å². The first-order chi connectivity index (χ1) is 19.8. The summed E-state index contributed by atoms with van der Waals surface area (Å²) in [5.41, 5.74) is 11.0. The molecule has 5 aromatic rings. The maximum atomic E-state index is 12.8. The van der Waals surface area contributed by atoms with Gasteiger partial charge in [0.05, 0.1) is 12.4 Å². The Morgan fingerprint density at radius 2 is 1.32 bits per heavy atom. The molecule has 0 aliphatic carbocycles. The van der Waals surface area contributed by atoms with Crippen LogP contribution in [0.4, 0.5) is 11.8 Å². The summed E-state index contributed by atoms with van der Waals surface area (Å²) in [6.07, 6.45) is -1.93. The van der Waals surface area contributed by atoms with Crippen LogP contribution in [0.2, 0.25) is 0 Å². The van der Waals surface area contributed by atoms with Crippen LogP contribution in [0.5, 0.6) is 0 Å². The van der Waals surface area contributed by atoms with Crippen molar-refractivity contribution in [2.24, 2.45) is 0 Å². The molecular formula is C31H32N6O4. The van der Waals surface area contributed by atoms with Crippen molar-refractivity contribution < 1.29 is 20.1 Å². The van der Waals surface area contributed by atoms with Gasteiger partial charge >= 0.3 is 0 Å². The number of benzene rings is 3. The summed E-state index contributed by atoms with van der Waals surface area (Å²) in [4.78, 5) is 12.7. The van der Waals surface area contributed by atoms with E-state index in [0.717, 1.165) is 16.7 Å². The molecule has 6 rings (SSSR count). The van der Waals surface area contributed by atoms with Gasteiger partial charge in [-0.25, -0.2) is 4.98 Å². The molecule has 10 nitrogen and oxygen atoms in total. The van der Waals surface area contributed by atoms with Crippen LogP contribution in [0.25, 0.3) is 11.2 Å². The zero-order valence-electron chi connectivity index (χ0n) is 22.3. The number of rotatable bonds is 8. The summed E-state index contributed by atoms with van der Waals surface area (Å²) in [6.45, 7) is 0. The fraction of sp³-hybridized carbons (Fsp3) is 0.258. The van der Waals surface area contributed by atoms with Gasteiger partial charge < -0.3 is 31.5 Å². The van der Waals surface area contributed by atoms with Crippen molar-refractivity contribution in [1.82, 2.24) is 19.5 Å². The third-order valence-corrected chi connectivity index (χ3v) is 7.89. The molecule has 210 valence electrons. The molecule has 5 atom stereocenters. The van der Waals surface area contributed by atoms with Gasteiger partial charge in [0, 0.05) is 19.3 Å². The number of aliphatic hydroxyl groups excluding tert-OH is 1. The number of ether oxygens (including phenoxy) is 1. The Kier molecular flexibility index (Phi) is 6.92. The fourth-order valence-electron chi connectivity index (χ4n) is 5.93. The van der Waals surface area contributed by atoms with Gasteiger partial charge in [-0.05, 0) is 16.7 Å². The van der Waals surface area contributed by atoms with Gasteiger partial charge in [-0.1, -0.05) is 91.0 Å². The van der Waals surface area contributed by atoms with Gasteiger partial charge in [-0.15, -0.1) is 0 Å². The Morgan fingerprint density at radius 1 is 0.780 bits per heavy atom. The van der Waals surface area contributed by atoms with Crippen LogP contribution in [0.15, 0.2) is 97.3 Å². The number of nitrogen functional groups attached to an aromatic ring is 2. The van der Waals surface area contributed by atoms with Crippen molar-refractivity contribution in [2.75, 3.05) is 11.5 Å². The van der Waals surface area contributed by atoms with Crippen molar-refractivity contribution in [3.8, 4) is 0 Å². The molecule has 1 saturated heterocycles. The molecule has 0 amide bonds. The third-order valence-electron chi connectivity index (χ3n) is 7.89. The van der Waals surface area contributed by atoms with Crippen LogP contribution in [-0.2, 0) is 24.0 Å². The molecule has 10 heteroatoms. The topological polar surface area (TPSA) is 166 Å². The lowest BCUT2D eigenvalue weighted by molar-refractivity contribution is -0.160. The zero-order valence-corrected chi connectivity index (χ0v) is 22.3. The number of aromatic nitrogens is 4. The highest BCUT2D eigenvalue weighted by molar-refractivity contribution is 5.82. The molecule has 1 aliphatic heterocycles. The average molecular weight is 553 g/mol. The van der Waals surface area contributed by atoms with E-state index < -0.39 is 29.6 Å².